The lowest BCUT2D eigenvalue weighted by atomic mass is 9.90. The maximum Gasteiger partial charge on any atom is 0.236 e. The Hall–Kier alpha value is -3.05. The van der Waals surface area contributed by atoms with Crippen molar-refractivity contribution in [3.8, 4) is 6.07 Å². The fourth-order valence-electron chi connectivity index (χ4n) is 4.93. The van der Waals surface area contributed by atoms with E-state index < -0.39 is 17.2 Å². The van der Waals surface area contributed by atoms with Crippen LogP contribution in [0.1, 0.15) is 36.8 Å². The third-order valence-corrected chi connectivity index (χ3v) is 6.80. The lowest BCUT2D eigenvalue weighted by Gasteiger charge is -2.52. The number of hydrogen-bond donors (Lipinski definition) is 1. The van der Waals surface area contributed by atoms with Gasteiger partial charge in [-0.1, -0.05) is 6.07 Å². The van der Waals surface area contributed by atoms with Crippen molar-refractivity contribution in [2.24, 2.45) is 0 Å². The van der Waals surface area contributed by atoms with Gasteiger partial charge in [-0.3, -0.25) is 10.1 Å². The van der Waals surface area contributed by atoms with Crippen molar-refractivity contribution in [1.29, 1.82) is 5.26 Å². The molecule has 6 rings (SSSR count). The molecule has 1 saturated carbocycles. The first-order chi connectivity index (χ1) is 15.0. The van der Waals surface area contributed by atoms with Crippen molar-refractivity contribution in [3.63, 3.8) is 0 Å². The minimum absolute atomic E-state index is 0.0101. The molecule has 2 aromatic rings. The van der Waals surface area contributed by atoms with Gasteiger partial charge in [0.1, 0.15) is 23.5 Å². The highest BCUT2D eigenvalue weighted by Crippen LogP contribution is 2.46. The molecule has 0 unspecified atom stereocenters. The van der Waals surface area contributed by atoms with Crippen LogP contribution in [-0.2, 0) is 10.3 Å². The van der Waals surface area contributed by atoms with E-state index in [9.17, 15) is 13.6 Å². The molecule has 3 saturated heterocycles. The number of amides is 1. The summed E-state index contributed by atoms with van der Waals surface area (Å²) in [4.78, 5) is 21.6. The second kappa shape index (κ2) is 7.57. The first-order valence-electron chi connectivity index (χ1n) is 10.6. The molecule has 8 heteroatoms. The summed E-state index contributed by atoms with van der Waals surface area (Å²) < 4.78 is 27.5. The molecule has 2 atom stereocenters. The monoisotopic (exact) mass is 423 g/mol. The molecule has 2 bridgehead atoms. The Balaban J connectivity index is 1.23. The highest BCUT2D eigenvalue weighted by molar-refractivity contribution is 5.79. The fourth-order valence-corrected chi connectivity index (χ4v) is 4.93. The number of fused-ring (bicyclic) bond motifs is 3. The van der Waals surface area contributed by atoms with Crippen molar-refractivity contribution in [2.75, 3.05) is 24.5 Å². The third kappa shape index (κ3) is 3.63. The first kappa shape index (κ1) is 19.9. The zero-order chi connectivity index (χ0) is 21.6. The Morgan fingerprint density at radius 3 is 2.61 bits per heavy atom. The zero-order valence-electron chi connectivity index (χ0n) is 17.0. The summed E-state index contributed by atoms with van der Waals surface area (Å²) in [5.41, 5.74) is 0.390. The Kier molecular flexibility index (Phi) is 4.86. The molecule has 4 heterocycles. The van der Waals surface area contributed by atoms with Crippen LogP contribution >= 0.6 is 0 Å². The zero-order valence-corrected chi connectivity index (χ0v) is 17.0. The number of piperidine rings is 2. The van der Waals surface area contributed by atoms with Crippen LogP contribution in [0.2, 0.25) is 0 Å². The molecule has 0 radical (unpaired) electrons. The highest BCUT2D eigenvalue weighted by Gasteiger charge is 2.47. The van der Waals surface area contributed by atoms with E-state index in [-0.39, 0.29) is 24.5 Å². The van der Waals surface area contributed by atoms with Gasteiger partial charge in [-0.05, 0) is 43.9 Å². The molecule has 31 heavy (non-hydrogen) atoms. The third-order valence-electron chi connectivity index (χ3n) is 6.80. The SMILES string of the molecule is N#Cc1ccc(N2C[C@H]3CC[C@@H]2CN3C(=O)CNC2(c3ccc(F)cc3F)CC2)nc1. The molecular weight excluding hydrogens is 400 g/mol. The summed E-state index contributed by atoms with van der Waals surface area (Å²) in [6.07, 6.45) is 4.98. The molecule has 1 aliphatic carbocycles. The highest BCUT2D eigenvalue weighted by atomic mass is 19.1. The molecule has 160 valence electrons. The van der Waals surface area contributed by atoms with Gasteiger partial charge in [-0.2, -0.15) is 5.26 Å². The number of rotatable bonds is 5. The van der Waals surface area contributed by atoms with Crippen LogP contribution in [0.4, 0.5) is 14.6 Å². The molecule has 0 spiro atoms. The van der Waals surface area contributed by atoms with Gasteiger partial charge in [0.05, 0.1) is 12.1 Å². The average Bonchev–Trinajstić information content (AvgIpc) is 3.58. The fraction of sp³-hybridized carbons (Fsp3) is 0.435. The molecule has 3 aliphatic heterocycles. The summed E-state index contributed by atoms with van der Waals surface area (Å²) in [5.74, 6) is -0.322. The first-order valence-corrected chi connectivity index (χ1v) is 10.6. The number of benzene rings is 1. The maximum absolute atomic E-state index is 14.2. The largest absolute Gasteiger partial charge is 0.350 e. The molecule has 1 aromatic carbocycles. The minimum Gasteiger partial charge on any atom is -0.350 e. The lowest BCUT2D eigenvalue weighted by Crippen LogP contribution is -2.65. The maximum atomic E-state index is 14.2. The van der Waals surface area contributed by atoms with Crippen molar-refractivity contribution in [1.82, 2.24) is 15.2 Å². The summed E-state index contributed by atoms with van der Waals surface area (Å²) in [6.45, 7) is 1.48. The predicted octanol–water partition coefficient (Wildman–Crippen LogP) is 2.69. The van der Waals surface area contributed by atoms with Gasteiger partial charge in [-0.15, -0.1) is 0 Å². The van der Waals surface area contributed by atoms with Crippen molar-refractivity contribution >= 4 is 11.7 Å². The summed E-state index contributed by atoms with van der Waals surface area (Å²) >= 11 is 0. The number of nitrogens with one attached hydrogen (secondary N) is 1. The van der Waals surface area contributed by atoms with Crippen molar-refractivity contribution < 1.29 is 13.6 Å². The number of piperazine rings is 1. The number of nitrogens with zero attached hydrogens (tertiary/aromatic N) is 4. The summed E-state index contributed by atoms with van der Waals surface area (Å²) in [7, 11) is 0. The second-order valence-electron chi connectivity index (χ2n) is 8.66. The van der Waals surface area contributed by atoms with Crippen molar-refractivity contribution in [2.45, 2.75) is 43.3 Å². The topological polar surface area (TPSA) is 72.3 Å². The number of anilines is 1. The number of hydrogen-bond acceptors (Lipinski definition) is 5. The average molecular weight is 423 g/mol. The van der Waals surface area contributed by atoms with Crippen molar-refractivity contribution in [3.05, 3.63) is 59.3 Å². The van der Waals surface area contributed by atoms with Gasteiger partial charge in [0, 0.05) is 48.5 Å². The van der Waals surface area contributed by atoms with Crippen LogP contribution in [0.15, 0.2) is 36.5 Å². The number of nitriles is 1. The summed E-state index contributed by atoms with van der Waals surface area (Å²) in [6, 6.07) is 9.64. The molecule has 1 amide bonds. The number of pyridine rings is 1. The summed E-state index contributed by atoms with van der Waals surface area (Å²) in [5, 5.41) is 12.2. The molecule has 4 fully saturated rings. The smallest absolute Gasteiger partial charge is 0.236 e. The van der Waals surface area contributed by atoms with Crippen LogP contribution in [-0.4, -0.2) is 47.5 Å². The van der Waals surface area contributed by atoms with Gasteiger partial charge < -0.3 is 9.80 Å². The number of carbonyl (C=O) groups is 1. The van der Waals surface area contributed by atoms with Crippen LogP contribution in [0.3, 0.4) is 0 Å². The Morgan fingerprint density at radius 2 is 2.00 bits per heavy atom. The van der Waals surface area contributed by atoms with Gasteiger partial charge in [0.15, 0.2) is 0 Å². The number of halogens is 2. The van der Waals surface area contributed by atoms with E-state index in [1.54, 1.807) is 12.3 Å². The quantitative estimate of drug-likeness (QED) is 0.801. The molecule has 4 aliphatic rings. The van der Waals surface area contributed by atoms with Crippen LogP contribution in [0, 0.1) is 23.0 Å². The second-order valence-corrected chi connectivity index (χ2v) is 8.66. The number of carbonyl (C=O) groups excluding carboxylic acids is 1. The molecule has 1 N–H and O–H groups in total. The van der Waals surface area contributed by atoms with Gasteiger partial charge in [0.25, 0.3) is 0 Å². The van der Waals surface area contributed by atoms with E-state index in [2.05, 4.69) is 21.3 Å². The van der Waals surface area contributed by atoms with Crippen LogP contribution in [0.25, 0.3) is 0 Å². The predicted molar refractivity (Wildman–Crippen MR) is 110 cm³/mol. The van der Waals surface area contributed by atoms with E-state index in [1.807, 2.05) is 11.0 Å². The Bertz CT molecular complexity index is 1050. The van der Waals surface area contributed by atoms with E-state index in [0.717, 1.165) is 37.6 Å². The Labute approximate surface area is 179 Å². The van der Waals surface area contributed by atoms with Crippen LogP contribution in [0.5, 0.6) is 0 Å². The molecule has 6 nitrogen and oxygen atoms in total. The Morgan fingerprint density at radius 1 is 1.19 bits per heavy atom. The number of aromatic nitrogens is 1. The van der Waals surface area contributed by atoms with Crippen LogP contribution < -0.4 is 10.2 Å². The molecular formula is C23H23F2N5O. The minimum atomic E-state index is -0.598. The van der Waals surface area contributed by atoms with E-state index in [0.29, 0.717) is 24.2 Å². The van der Waals surface area contributed by atoms with Gasteiger partial charge in [-0.25, -0.2) is 13.8 Å². The standard InChI is InChI=1S/C23H23F2N5O/c24-16-2-5-19(20(25)9-16)23(7-8-23)28-12-22(31)30-14-17-3-4-18(30)13-29(17)21-6-1-15(10-26)11-27-21/h1-2,5-6,9,11,17-18,28H,3-4,7-8,12-14H2/t17-,18-/m1/s1. The van der Waals surface area contributed by atoms with Gasteiger partial charge >= 0.3 is 0 Å². The molecule has 1 aromatic heterocycles. The van der Waals surface area contributed by atoms with E-state index in [1.165, 1.54) is 12.1 Å². The normalized spacial score (nSPS) is 23.5. The van der Waals surface area contributed by atoms with Gasteiger partial charge in [0.2, 0.25) is 5.91 Å². The lowest BCUT2D eigenvalue weighted by molar-refractivity contribution is -0.135. The van der Waals surface area contributed by atoms with E-state index >= 15 is 0 Å². The van der Waals surface area contributed by atoms with E-state index in [4.69, 9.17) is 5.26 Å².